The number of hydrogen-bond acceptors (Lipinski definition) is 5. The Kier molecular flexibility index (Phi) is 3.95. The van der Waals surface area contributed by atoms with Gasteiger partial charge in [0.2, 0.25) is 5.78 Å². The van der Waals surface area contributed by atoms with E-state index in [1.807, 2.05) is 0 Å². The molecule has 2 aromatic rings. The number of allylic oxidation sites excluding steroid dienone is 1. The smallest absolute Gasteiger partial charge is 0.335 e. The zero-order valence-corrected chi connectivity index (χ0v) is 13.0. The molecule has 0 spiro atoms. The number of carbonyl (C=O) groups is 2. The molecule has 1 N–H and O–H groups in total. The molecular formula is C18H14O6. The Morgan fingerprint density at radius 2 is 1.92 bits per heavy atom. The Labute approximate surface area is 137 Å². The predicted molar refractivity (Wildman–Crippen MR) is 85.9 cm³/mol. The van der Waals surface area contributed by atoms with Crippen LogP contribution in [0.15, 0.2) is 42.2 Å². The quantitative estimate of drug-likeness (QED) is 0.870. The summed E-state index contributed by atoms with van der Waals surface area (Å²) in [5.41, 5.74) is 0.875. The number of carboxylic acids is 1. The van der Waals surface area contributed by atoms with Gasteiger partial charge < -0.3 is 19.3 Å². The second-order valence-corrected chi connectivity index (χ2v) is 5.06. The van der Waals surface area contributed by atoms with Gasteiger partial charge in [-0.3, -0.25) is 4.79 Å². The number of aromatic carboxylic acids is 1. The molecule has 24 heavy (non-hydrogen) atoms. The molecule has 0 aromatic heterocycles. The minimum Gasteiger partial charge on any atom is -0.497 e. The van der Waals surface area contributed by atoms with Gasteiger partial charge in [0.25, 0.3) is 0 Å². The Morgan fingerprint density at radius 3 is 2.58 bits per heavy atom. The first kappa shape index (κ1) is 15.6. The van der Waals surface area contributed by atoms with Crippen molar-refractivity contribution in [2.75, 3.05) is 14.2 Å². The molecule has 3 rings (SSSR count). The second kappa shape index (κ2) is 6.08. The average Bonchev–Trinajstić information content (AvgIpc) is 2.90. The van der Waals surface area contributed by atoms with Gasteiger partial charge in [-0.15, -0.1) is 0 Å². The van der Waals surface area contributed by atoms with E-state index >= 15 is 0 Å². The van der Waals surface area contributed by atoms with Crippen molar-refractivity contribution in [3.63, 3.8) is 0 Å². The number of methoxy groups -OCH3 is 2. The van der Waals surface area contributed by atoms with Gasteiger partial charge in [0, 0.05) is 5.56 Å². The van der Waals surface area contributed by atoms with Gasteiger partial charge >= 0.3 is 5.97 Å². The summed E-state index contributed by atoms with van der Waals surface area (Å²) in [5, 5.41) is 9.03. The van der Waals surface area contributed by atoms with E-state index in [9.17, 15) is 9.59 Å². The predicted octanol–water partition coefficient (Wildman–Crippen LogP) is 3.02. The number of ether oxygens (including phenoxy) is 3. The standard InChI is InChI=1S/C18H14O6/c1-22-12-4-6-14(23-2)11(7-12)9-16-17(19)13-8-10(18(20)21)3-5-15(13)24-16/h3-9H,1-2H3,(H,20,21). The summed E-state index contributed by atoms with van der Waals surface area (Å²) in [6.07, 6.45) is 1.55. The monoisotopic (exact) mass is 326 g/mol. The van der Waals surface area contributed by atoms with Crippen LogP contribution in [0.3, 0.4) is 0 Å². The highest BCUT2D eigenvalue weighted by molar-refractivity contribution is 6.15. The van der Waals surface area contributed by atoms with E-state index in [-0.39, 0.29) is 22.7 Å². The topological polar surface area (TPSA) is 82.1 Å². The minimum atomic E-state index is -1.10. The zero-order valence-electron chi connectivity index (χ0n) is 13.0. The molecular weight excluding hydrogens is 312 g/mol. The fourth-order valence-corrected chi connectivity index (χ4v) is 2.42. The second-order valence-electron chi connectivity index (χ2n) is 5.06. The molecule has 0 aliphatic carbocycles. The van der Waals surface area contributed by atoms with Crippen molar-refractivity contribution in [1.29, 1.82) is 0 Å². The molecule has 1 aliphatic heterocycles. The molecule has 0 fully saturated rings. The van der Waals surface area contributed by atoms with Crippen LogP contribution in [0, 0.1) is 0 Å². The van der Waals surface area contributed by atoms with Gasteiger partial charge in [-0.2, -0.15) is 0 Å². The first-order chi connectivity index (χ1) is 11.5. The number of rotatable bonds is 4. The summed E-state index contributed by atoms with van der Waals surface area (Å²) in [7, 11) is 3.06. The number of Topliss-reactive ketones (excluding diaryl/α,β-unsaturated/α-hetero) is 1. The maximum absolute atomic E-state index is 12.5. The highest BCUT2D eigenvalue weighted by atomic mass is 16.5. The first-order valence-corrected chi connectivity index (χ1v) is 7.07. The molecule has 0 radical (unpaired) electrons. The molecule has 0 amide bonds. The Balaban J connectivity index is 2.01. The van der Waals surface area contributed by atoms with Crippen molar-refractivity contribution in [3.8, 4) is 17.2 Å². The highest BCUT2D eigenvalue weighted by Gasteiger charge is 2.28. The number of carboxylic acid groups (broad SMARTS) is 1. The van der Waals surface area contributed by atoms with Crippen molar-refractivity contribution < 1.29 is 28.9 Å². The van der Waals surface area contributed by atoms with Crippen LogP contribution in [-0.4, -0.2) is 31.1 Å². The summed E-state index contributed by atoms with van der Waals surface area (Å²) in [6.45, 7) is 0. The van der Waals surface area contributed by atoms with Crippen LogP contribution < -0.4 is 14.2 Å². The van der Waals surface area contributed by atoms with Crippen LogP contribution in [0.4, 0.5) is 0 Å². The molecule has 2 aromatic carbocycles. The molecule has 6 nitrogen and oxygen atoms in total. The molecule has 0 atom stereocenters. The van der Waals surface area contributed by atoms with Gasteiger partial charge in [-0.05, 0) is 42.5 Å². The van der Waals surface area contributed by atoms with Gasteiger partial charge in [0.1, 0.15) is 17.2 Å². The third-order valence-corrected chi connectivity index (χ3v) is 3.64. The zero-order chi connectivity index (χ0) is 17.3. The van der Waals surface area contributed by atoms with E-state index in [0.29, 0.717) is 22.8 Å². The van der Waals surface area contributed by atoms with Gasteiger partial charge in [0.05, 0.1) is 25.3 Å². The van der Waals surface area contributed by atoms with E-state index < -0.39 is 5.97 Å². The van der Waals surface area contributed by atoms with Crippen LogP contribution >= 0.6 is 0 Å². The molecule has 1 heterocycles. The Hall–Kier alpha value is -3.28. The number of hydrogen-bond donors (Lipinski definition) is 1. The fraction of sp³-hybridized carbons (Fsp3) is 0.111. The first-order valence-electron chi connectivity index (χ1n) is 7.07. The number of benzene rings is 2. The lowest BCUT2D eigenvalue weighted by Gasteiger charge is -2.07. The van der Waals surface area contributed by atoms with Crippen LogP contribution in [0.1, 0.15) is 26.3 Å². The average molecular weight is 326 g/mol. The molecule has 1 aliphatic rings. The molecule has 0 saturated carbocycles. The fourth-order valence-electron chi connectivity index (χ4n) is 2.42. The van der Waals surface area contributed by atoms with E-state index in [1.54, 1.807) is 31.4 Å². The molecule has 6 heteroatoms. The normalized spacial score (nSPS) is 14.2. The minimum absolute atomic E-state index is 0.0333. The van der Waals surface area contributed by atoms with E-state index in [2.05, 4.69) is 0 Å². The van der Waals surface area contributed by atoms with Crippen molar-refractivity contribution in [1.82, 2.24) is 0 Å². The van der Waals surface area contributed by atoms with E-state index in [0.717, 1.165) is 0 Å². The largest absolute Gasteiger partial charge is 0.497 e. The SMILES string of the molecule is COc1ccc(OC)c(C=C2Oc3ccc(C(=O)O)cc3C2=O)c1. The lowest BCUT2D eigenvalue weighted by atomic mass is 10.1. The maximum atomic E-state index is 12.5. The Bertz CT molecular complexity index is 866. The third kappa shape index (κ3) is 2.69. The van der Waals surface area contributed by atoms with Crippen LogP contribution in [0.25, 0.3) is 6.08 Å². The molecule has 122 valence electrons. The van der Waals surface area contributed by atoms with Crippen molar-refractivity contribution in [2.45, 2.75) is 0 Å². The third-order valence-electron chi connectivity index (χ3n) is 3.64. The summed E-state index contributed by atoms with van der Waals surface area (Å²) >= 11 is 0. The number of ketones is 1. The van der Waals surface area contributed by atoms with E-state index in [1.165, 1.54) is 25.3 Å². The van der Waals surface area contributed by atoms with Crippen LogP contribution in [0.2, 0.25) is 0 Å². The Morgan fingerprint density at radius 1 is 1.12 bits per heavy atom. The van der Waals surface area contributed by atoms with Gasteiger partial charge in [-0.1, -0.05) is 0 Å². The molecule has 0 unspecified atom stereocenters. The maximum Gasteiger partial charge on any atom is 0.335 e. The highest BCUT2D eigenvalue weighted by Crippen LogP contribution is 2.34. The lowest BCUT2D eigenvalue weighted by molar-refractivity contribution is 0.0697. The summed E-state index contributed by atoms with van der Waals surface area (Å²) in [5.74, 6) is 0.119. The van der Waals surface area contributed by atoms with Crippen molar-refractivity contribution >= 4 is 17.8 Å². The molecule has 0 bridgehead atoms. The van der Waals surface area contributed by atoms with E-state index in [4.69, 9.17) is 19.3 Å². The van der Waals surface area contributed by atoms with Crippen LogP contribution in [-0.2, 0) is 0 Å². The number of fused-ring (bicyclic) bond motifs is 1. The lowest BCUT2D eigenvalue weighted by Crippen LogP contribution is -2.01. The summed E-state index contributed by atoms with van der Waals surface area (Å²) in [4.78, 5) is 23.5. The summed E-state index contributed by atoms with van der Waals surface area (Å²) < 4.78 is 16.0. The summed E-state index contributed by atoms with van der Waals surface area (Å²) in [6, 6.07) is 9.36. The number of carbonyl (C=O) groups excluding carboxylic acids is 1. The molecule has 0 saturated heterocycles. The van der Waals surface area contributed by atoms with Gasteiger partial charge in [0.15, 0.2) is 5.76 Å². The van der Waals surface area contributed by atoms with Gasteiger partial charge in [-0.25, -0.2) is 4.79 Å². The van der Waals surface area contributed by atoms with Crippen molar-refractivity contribution in [2.24, 2.45) is 0 Å². The van der Waals surface area contributed by atoms with Crippen molar-refractivity contribution in [3.05, 3.63) is 58.8 Å². The van der Waals surface area contributed by atoms with Crippen LogP contribution in [0.5, 0.6) is 17.2 Å².